The van der Waals surface area contributed by atoms with Gasteiger partial charge in [0.1, 0.15) is 5.82 Å². The molecule has 0 saturated heterocycles. The molecule has 0 bridgehead atoms. The van der Waals surface area contributed by atoms with E-state index < -0.39 is 0 Å². The van der Waals surface area contributed by atoms with Crippen LogP contribution in [0.25, 0.3) is 11.3 Å². The van der Waals surface area contributed by atoms with E-state index in [2.05, 4.69) is 35.9 Å². The van der Waals surface area contributed by atoms with Crippen molar-refractivity contribution in [3.8, 4) is 11.3 Å². The van der Waals surface area contributed by atoms with E-state index in [-0.39, 0.29) is 11.5 Å². The number of aromatic nitrogens is 2. The molecule has 1 aromatic carbocycles. The van der Waals surface area contributed by atoms with E-state index in [1.54, 1.807) is 0 Å². The Balaban J connectivity index is 2.54. The second kappa shape index (κ2) is 5.61. The summed E-state index contributed by atoms with van der Waals surface area (Å²) in [5, 5.41) is 0. The Bertz CT molecular complexity index is 652. The Hall–Kier alpha value is -1.90. The molecule has 20 heavy (non-hydrogen) atoms. The molecule has 0 spiro atoms. The summed E-state index contributed by atoms with van der Waals surface area (Å²) < 4.78 is 0. The highest BCUT2D eigenvalue weighted by molar-refractivity contribution is 5.62. The van der Waals surface area contributed by atoms with Crippen molar-refractivity contribution in [1.82, 2.24) is 9.97 Å². The van der Waals surface area contributed by atoms with Crippen LogP contribution in [-0.4, -0.2) is 9.97 Å². The Morgan fingerprint density at radius 3 is 2.10 bits per heavy atom. The summed E-state index contributed by atoms with van der Waals surface area (Å²) in [5.74, 6) is 1.45. The van der Waals surface area contributed by atoms with Crippen LogP contribution < -0.4 is 5.56 Å². The SMILES string of the molecule is Cc1c(-c2ccc(C(C)C)cc2)nc(C(C)C)[nH]c1=O. The molecule has 3 heteroatoms. The maximum absolute atomic E-state index is 12.0. The van der Waals surface area contributed by atoms with Crippen molar-refractivity contribution in [2.24, 2.45) is 0 Å². The highest BCUT2D eigenvalue weighted by atomic mass is 16.1. The smallest absolute Gasteiger partial charge is 0.254 e. The maximum Gasteiger partial charge on any atom is 0.254 e. The van der Waals surface area contributed by atoms with Gasteiger partial charge in [-0.05, 0) is 18.4 Å². The van der Waals surface area contributed by atoms with Crippen molar-refractivity contribution in [3.63, 3.8) is 0 Å². The van der Waals surface area contributed by atoms with Crippen LogP contribution in [0.2, 0.25) is 0 Å². The van der Waals surface area contributed by atoms with E-state index in [9.17, 15) is 4.79 Å². The molecule has 1 N–H and O–H groups in total. The number of nitrogens with zero attached hydrogens (tertiary/aromatic N) is 1. The second-order valence-electron chi connectivity index (χ2n) is 5.86. The van der Waals surface area contributed by atoms with Crippen molar-refractivity contribution in [2.45, 2.75) is 46.5 Å². The molecule has 1 heterocycles. The van der Waals surface area contributed by atoms with Gasteiger partial charge < -0.3 is 4.98 Å². The fourth-order valence-electron chi connectivity index (χ4n) is 2.13. The van der Waals surface area contributed by atoms with E-state index in [1.807, 2.05) is 32.9 Å². The minimum absolute atomic E-state index is 0.0494. The zero-order chi connectivity index (χ0) is 14.9. The van der Waals surface area contributed by atoms with E-state index in [0.717, 1.165) is 17.1 Å². The lowest BCUT2D eigenvalue weighted by Crippen LogP contribution is -2.16. The van der Waals surface area contributed by atoms with Gasteiger partial charge in [-0.2, -0.15) is 0 Å². The summed E-state index contributed by atoms with van der Waals surface area (Å²) in [6.07, 6.45) is 0. The number of aromatic amines is 1. The molecule has 0 atom stereocenters. The average molecular weight is 270 g/mol. The van der Waals surface area contributed by atoms with Gasteiger partial charge in [0.15, 0.2) is 0 Å². The number of hydrogen-bond acceptors (Lipinski definition) is 2. The molecule has 0 radical (unpaired) electrons. The van der Waals surface area contributed by atoms with Crippen LogP contribution in [0.4, 0.5) is 0 Å². The van der Waals surface area contributed by atoms with Crippen molar-refractivity contribution >= 4 is 0 Å². The van der Waals surface area contributed by atoms with E-state index >= 15 is 0 Å². The maximum atomic E-state index is 12.0. The van der Waals surface area contributed by atoms with Gasteiger partial charge in [-0.15, -0.1) is 0 Å². The fourth-order valence-corrected chi connectivity index (χ4v) is 2.13. The third kappa shape index (κ3) is 2.82. The molecule has 106 valence electrons. The average Bonchev–Trinajstić information content (AvgIpc) is 2.41. The first-order valence-corrected chi connectivity index (χ1v) is 7.11. The number of nitrogens with one attached hydrogen (secondary N) is 1. The Kier molecular flexibility index (Phi) is 4.07. The molecule has 3 nitrogen and oxygen atoms in total. The standard InChI is InChI=1S/C17H22N2O/c1-10(2)13-6-8-14(9-7-13)15-12(5)17(20)19-16(18-15)11(3)4/h6-11H,1-5H3,(H,18,19,20). The number of benzene rings is 1. The first-order valence-electron chi connectivity index (χ1n) is 7.11. The summed E-state index contributed by atoms with van der Waals surface area (Å²) in [6, 6.07) is 8.32. The normalized spacial score (nSPS) is 11.3. The van der Waals surface area contributed by atoms with Gasteiger partial charge in [0.2, 0.25) is 0 Å². The molecule has 0 saturated carbocycles. The highest BCUT2D eigenvalue weighted by Crippen LogP contribution is 2.23. The number of hydrogen-bond donors (Lipinski definition) is 1. The molecule has 2 rings (SSSR count). The molecule has 0 aliphatic heterocycles. The Morgan fingerprint density at radius 2 is 1.60 bits per heavy atom. The van der Waals surface area contributed by atoms with Crippen LogP contribution in [0.1, 0.15) is 56.5 Å². The monoisotopic (exact) mass is 270 g/mol. The summed E-state index contributed by atoms with van der Waals surface area (Å²) in [7, 11) is 0. The molecule has 0 aliphatic carbocycles. The predicted octanol–water partition coefficient (Wildman–Crippen LogP) is 3.99. The summed E-state index contributed by atoms with van der Waals surface area (Å²) in [6.45, 7) is 10.2. The molecule has 0 amide bonds. The minimum atomic E-state index is -0.0494. The summed E-state index contributed by atoms with van der Waals surface area (Å²) in [5.41, 5.74) is 3.70. The largest absolute Gasteiger partial charge is 0.310 e. The lowest BCUT2D eigenvalue weighted by atomic mass is 9.99. The van der Waals surface area contributed by atoms with Crippen molar-refractivity contribution in [1.29, 1.82) is 0 Å². The van der Waals surface area contributed by atoms with Gasteiger partial charge in [-0.1, -0.05) is 52.0 Å². The molecular formula is C17H22N2O. The van der Waals surface area contributed by atoms with Crippen LogP contribution in [0, 0.1) is 6.92 Å². The molecule has 0 unspecified atom stereocenters. The topological polar surface area (TPSA) is 45.8 Å². The Morgan fingerprint density at radius 1 is 1.00 bits per heavy atom. The molecular weight excluding hydrogens is 248 g/mol. The molecule has 2 aromatic rings. The van der Waals surface area contributed by atoms with E-state index in [4.69, 9.17) is 0 Å². The van der Waals surface area contributed by atoms with Crippen molar-refractivity contribution < 1.29 is 0 Å². The van der Waals surface area contributed by atoms with Gasteiger partial charge in [-0.25, -0.2) is 4.98 Å². The van der Waals surface area contributed by atoms with Crippen LogP contribution in [-0.2, 0) is 0 Å². The highest BCUT2D eigenvalue weighted by Gasteiger charge is 2.12. The van der Waals surface area contributed by atoms with Crippen molar-refractivity contribution in [2.75, 3.05) is 0 Å². The van der Waals surface area contributed by atoms with Crippen molar-refractivity contribution in [3.05, 3.63) is 51.6 Å². The van der Waals surface area contributed by atoms with Gasteiger partial charge in [-0.3, -0.25) is 4.79 Å². The van der Waals surface area contributed by atoms with E-state index in [1.165, 1.54) is 5.56 Å². The lowest BCUT2D eigenvalue weighted by Gasteiger charge is -2.11. The molecule has 0 aliphatic rings. The number of H-pyrrole nitrogens is 1. The van der Waals surface area contributed by atoms with Gasteiger partial charge in [0, 0.05) is 17.0 Å². The van der Waals surface area contributed by atoms with Gasteiger partial charge in [0.25, 0.3) is 5.56 Å². The zero-order valence-electron chi connectivity index (χ0n) is 12.8. The third-order valence-corrected chi connectivity index (χ3v) is 3.57. The van der Waals surface area contributed by atoms with Crippen LogP contribution in [0.15, 0.2) is 29.1 Å². The van der Waals surface area contributed by atoms with Crippen LogP contribution in [0.3, 0.4) is 0 Å². The summed E-state index contributed by atoms with van der Waals surface area (Å²) >= 11 is 0. The first-order chi connectivity index (χ1) is 9.40. The quantitative estimate of drug-likeness (QED) is 0.916. The van der Waals surface area contributed by atoms with Crippen LogP contribution >= 0.6 is 0 Å². The predicted molar refractivity (Wildman–Crippen MR) is 83.2 cm³/mol. The molecule has 0 fully saturated rings. The minimum Gasteiger partial charge on any atom is -0.310 e. The fraction of sp³-hybridized carbons (Fsp3) is 0.412. The summed E-state index contributed by atoms with van der Waals surface area (Å²) in [4.78, 5) is 19.5. The Labute approximate surface area is 120 Å². The number of rotatable bonds is 3. The molecule has 1 aromatic heterocycles. The van der Waals surface area contributed by atoms with Gasteiger partial charge in [0.05, 0.1) is 5.69 Å². The van der Waals surface area contributed by atoms with Gasteiger partial charge >= 0.3 is 0 Å². The lowest BCUT2D eigenvalue weighted by molar-refractivity contribution is 0.765. The van der Waals surface area contributed by atoms with Crippen LogP contribution in [0.5, 0.6) is 0 Å². The first kappa shape index (κ1) is 14.5. The third-order valence-electron chi connectivity index (χ3n) is 3.57. The van der Waals surface area contributed by atoms with E-state index in [0.29, 0.717) is 11.5 Å². The second-order valence-corrected chi connectivity index (χ2v) is 5.86. The zero-order valence-corrected chi connectivity index (χ0v) is 12.8.